The minimum atomic E-state index is -0.456. The van der Waals surface area contributed by atoms with Crippen LogP contribution in [0, 0.1) is 17.0 Å². The molecule has 142 valence electrons. The molecule has 0 bridgehead atoms. The van der Waals surface area contributed by atoms with Crippen LogP contribution in [0.25, 0.3) is 0 Å². The van der Waals surface area contributed by atoms with Gasteiger partial charge in [0.1, 0.15) is 18.0 Å². The maximum atomic E-state index is 12.6. The lowest BCUT2D eigenvalue weighted by atomic mass is 10.1. The molecule has 0 atom stereocenters. The number of anilines is 1. The van der Waals surface area contributed by atoms with E-state index in [1.807, 2.05) is 31.2 Å². The quantitative estimate of drug-likeness (QED) is 0.567. The number of hydrogen-bond donors (Lipinski definition) is 1. The van der Waals surface area contributed by atoms with Crippen molar-refractivity contribution in [2.45, 2.75) is 25.8 Å². The van der Waals surface area contributed by atoms with E-state index in [1.165, 1.54) is 11.0 Å². The average molecular weight is 369 g/mol. The van der Waals surface area contributed by atoms with Crippen LogP contribution in [0.1, 0.15) is 28.8 Å². The molecule has 0 spiro atoms. The number of aryl methyl sites for hydroxylation is 1. The van der Waals surface area contributed by atoms with Gasteiger partial charge >= 0.3 is 0 Å². The van der Waals surface area contributed by atoms with Crippen LogP contribution in [0.2, 0.25) is 0 Å². The van der Waals surface area contributed by atoms with E-state index in [4.69, 9.17) is 4.74 Å². The van der Waals surface area contributed by atoms with Crippen LogP contribution in [0.5, 0.6) is 5.75 Å². The third kappa shape index (κ3) is 4.75. The summed E-state index contributed by atoms with van der Waals surface area (Å²) < 4.78 is 5.71. The fourth-order valence-corrected chi connectivity index (χ4v) is 2.72. The largest absolute Gasteiger partial charge is 0.491 e. The smallest absolute Gasteiger partial charge is 0.293 e. The topological polar surface area (TPSA) is 84.7 Å². The molecule has 2 aromatic rings. The molecular weight excluding hydrogens is 346 g/mol. The highest BCUT2D eigenvalue weighted by Gasteiger charge is 2.26. The second-order valence-electron chi connectivity index (χ2n) is 6.75. The summed E-state index contributed by atoms with van der Waals surface area (Å²) in [6.45, 7) is 2.68. The van der Waals surface area contributed by atoms with Crippen LogP contribution < -0.4 is 10.1 Å². The summed E-state index contributed by atoms with van der Waals surface area (Å²) in [5.41, 5.74) is 1.71. The number of benzene rings is 2. The van der Waals surface area contributed by atoms with Gasteiger partial charge in [0.05, 0.1) is 11.5 Å². The second kappa shape index (κ2) is 8.07. The van der Waals surface area contributed by atoms with Gasteiger partial charge < -0.3 is 15.0 Å². The van der Waals surface area contributed by atoms with Gasteiger partial charge in [0.25, 0.3) is 11.6 Å². The summed E-state index contributed by atoms with van der Waals surface area (Å²) in [5, 5.41) is 14.5. The number of amides is 1. The zero-order valence-corrected chi connectivity index (χ0v) is 15.5. The highest BCUT2D eigenvalue weighted by molar-refractivity contribution is 5.95. The molecule has 0 radical (unpaired) electrons. The molecule has 0 heterocycles. The fourth-order valence-electron chi connectivity index (χ4n) is 2.72. The highest BCUT2D eigenvalue weighted by atomic mass is 16.6. The van der Waals surface area contributed by atoms with Crippen molar-refractivity contribution in [1.82, 2.24) is 4.90 Å². The van der Waals surface area contributed by atoms with Crippen LogP contribution in [-0.2, 0) is 0 Å². The van der Waals surface area contributed by atoms with Gasteiger partial charge in [0.15, 0.2) is 0 Å². The van der Waals surface area contributed by atoms with Gasteiger partial charge in [-0.2, -0.15) is 0 Å². The van der Waals surface area contributed by atoms with E-state index < -0.39 is 4.92 Å². The van der Waals surface area contributed by atoms with Crippen molar-refractivity contribution in [2.75, 3.05) is 25.5 Å². The van der Waals surface area contributed by atoms with E-state index >= 15 is 0 Å². The lowest BCUT2D eigenvalue weighted by molar-refractivity contribution is -0.384. The first-order valence-corrected chi connectivity index (χ1v) is 8.94. The van der Waals surface area contributed by atoms with Gasteiger partial charge in [-0.1, -0.05) is 18.2 Å². The Hall–Kier alpha value is -3.09. The number of nitro benzene ring substituents is 1. The first-order chi connectivity index (χ1) is 13.0. The summed E-state index contributed by atoms with van der Waals surface area (Å²) in [6, 6.07) is 12.5. The molecule has 0 aromatic heterocycles. The predicted molar refractivity (Wildman–Crippen MR) is 103 cm³/mol. The average Bonchev–Trinajstić information content (AvgIpc) is 3.46. The third-order valence-corrected chi connectivity index (χ3v) is 4.50. The van der Waals surface area contributed by atoms with Crippen molar-refractivity contribution in [3.05, 3.63) is 63.7 Å². The molecule has 1 aliphatic carbocycles. The molecule has 0 saturated heterocycles. The van der Waals surface area contributed by atoms with Crippen molar-refractivity contribution in [1.29, 1.82) is 0 Å². The first kappa shape index (κ1) is 18.7. The zero-order chi connectivity index (χ0) is 19.4. The van der Waals surface area contributed by atoms with Gasteiger partial charge in [-0.15, -0.1) is 0 Å². The molecule has 1 fully saturated rings. The second-order valence-corrected chi connectivity index (χ2v) is 6.75. The Balaban J connectivity index is 1.62. The van der Waals surface area contributed by atoms with E-state index in [0.29, 0.717) is 30.4 Å². The minimum absolute atomic E-state index is 0.0719. The fraction of sp³-hybridized carbons (Fsp3) is 0.350. The number of rotatable bonds is 8. The molecule has 1 aliphatic rings. The number of nitrogens with zero attached hydrogens (tertiary/aromatic N) is 2. The lowest BCUT2D eigenvalue weighted by Gasteiger charge is -2.18. The van der Waals surface area contributed by atoms with Gasteiger partial charge in [-0.05, 0) is 43.5 Å². The van der Waals surface area contributed by atoms with Crippen LogP contribution in [-0.4, -0.2) is 42.0 Å². The Morgan fingerprint density at radius 2 is 2.04 bits per heavy atom. The summed E-state index contributed by atoms with van der Waals surface area (Å²) in [6.07, 6.45) is 2.03. The van der Waals surface area contributed by atoms with Crippen molar-refractivity contribution < 1.29 is 14.5 Å². The van der Waals surface area contributed by atoms with E-state index in [0.717, 1.165) is 24.2 Å². The van der Waals surface area contributed by atoms with Gasteiger partial charge in [0, 0.05) is 24.7 Å². The Morgan fingerprint density at radius 1 is 1.30 bits per heavy atom. The lowest BCUT2D eigenvalue weighted by Crippen LogP contribution is -2.31. The minimum Gasteiger partial charge on any atom is -0.491 e. The van der Waals surface area contributed by atoms with Crippen molar-refractivity contribution in [2.24, 2.45) is 0 Å². The number of hydrogen-bond acceptors (Lipinski definition) is 5. The van der Waals surface area contributed by atoms with Crippen LogP contribution >= 0.6 is 0 Å². The van der Waals surface area contributed by atoms with E-state index in [-0.39, 0.29) is 11.6 Å². The number of nitro groups is 1. The molecule has 1 N–H and O–H groups in total. The Labute approximate surface area is 158 Å². The number of likely N-dealkylation sites (N-methyl/N-ethyl adjacent to an activating group) is 1. The van der Waals surface area contributed by atoms with Crippen LogP contribution in [0.4, 0.5) is 11.4 Å². The summed E-state index contributed by atoms with van der Waals surface area (Å²) in [7, 11) is 1.66. The molecule has 0 aliphatic heterocycles. The number of ether oxygens (including phenoxy) is 1. The van der Waals surface area contributed by atoms with Crippen molar-refractivity contribution in [3.63, 3.8) is 0 Å². The Bertz CT molecular complexity index is 849. The van der Waals surface area contributed by atoms with E-state index in [9.17, 15) is 14.9 Å². The standard InChI is InChI=1S/C20H23N3O4/c1-14-5-3-4-6-19(14)27-12-11-22(2)20(24)15-7-10-17(21-16-8-9-16)18(13-15)23(25)26/h3-7,10,13,16,21H,8-9,11-12H2,1-2H3. The molecule has 3 rings (SSSR count). The monoisotopic (exact) mass is 369 g/mol. The third-order valence-electron chi connectivity index (χ3n) is 4.50. The molecule has 7 nitrogen and oxygen atoms in total. The molecule has 1 saturated carbocycles. The van der Waals surface area contributed by atoms with Gasteiger partial charge in [-0.3, -0.25) is 14.9 Å². The van der Waals surface area contributed by atoms with Gasteiger partial charge in [0.2, 0.25) is 0 Å². The molecule has 1 amide bonds. The number of nitrogens with one attached hydrogen (secondary N) is 1. The molecule has 7 heteroatoms. The maximum Gasteiger partial charge on any atom is 0.293 e. The maximum absolute atomic E-state index is 12.6. The first-order valence-electron chi connectivity index (χ1n) is 8.94. The molecule has 27 heavy (non-hydrogen) atoms. The Morgan fingerprint density at radius 3 is 2.70 bits per heavy atom. The SMILES string of the molecule is Cc1ccccc1OCCN(C)C(=O)c1ccc(NC2CC2)c([N+](=O)[O-])c1. The number of carbonyl (C=O) groups is 1. The van der Waals surface area contributed by atoms with Crippen molar-refractivity contribution >= 4 is 17.3 Å². The van der Waals surface area contributed by atoms with Crippen LogP contribution in [0.3, 0.4) is 0 Å². The predicted octanol–water partition coefficient (Wildman–Crippen LogP) is 3.63. The van der Waals surface area contributed by atoms with E-state index in [1.54, 1.807) is 19.2 Å². The van der Waals surface area contributed by atoms with E-state index in [2.05, 4.69) is 5.32 Å². The van der Waals surface area contributed by atoms with Gasteiger partial charge in [-0.25, -0.2) is 0 Å². The molecule has 0 unspecified atom stereocenters. The molecular formula is C20H23N3O4. The number of carbonyl (C=O) groups excluding carboxylic acids is 1. The zero-order valence-electron chi connectivity index (χ0n) is 15.5. The highest BCUT2D eigenvalue weighted by Crippen LogP contribution is 2.31. The summed E-state index contributed by atoms with van der Waals surface area (Å²) in [4.78, 5) is 25.0. The summed E-state index contributed by atoms with van der Waals surface area (Å²) in [5.74, 6) is 0.508. The normalized spacial score (nSPS) is 13.1. The van der Waals surface area contributed by atoms with Crippen LogP contribution in [0.15, 0.2) is 42.5 Å². The Kier molecular flexibility index (Phi) is 5.59. The number of para-hydroxylation sites is 1. The molecule has 2 aromatic carbocycles. The van der Waals surface area contributed by atoms with Crippen molar-refractivity contribution in [3.8, 4) is 5.75 Å². The summed E-state index contributed by atoms with van der Waals surface area (Å²) >= 11 is 0.